The molecular formula is C31H34F5N3O5S. The molecule has 0 spiro atoms. The maximum atomic E-state index is 14.3. The average molecular weight is 656 g/mol. The molecule has 2 aliphatic carbocycles. The van der Waals surface area contributed by atoms with E-state index < -0.39 is 83.5 Å². The van der Waals surface area contributed by atoms with Crippen LogP contribution in [0.1, 0.15) is 66.9 Å². The summed E-state index contributed by atoms with van der Waals surface area (Å²) in [5.74, 6) is -7.04. The second kappa shape index (κ2) is 12.5. The molecule has 3 aromatic rings. The maximum Gasteiger partial charge on any atom is 0.248 e. The van der Waals surface area contributed by atoms with Gasteiger partial charge < -0.3 is 24.8 Å². The Bertz CT molecular complexity index is 1490. The van der Waals surface area contributed by atoms with Gasteiger partial charge in [0.1, 0.15) is 35.5 Å². The summed E-state index contributed by atoms with van der Waals surface area (Å²) < 4.78 is 83.2. The van der Waals surface area contributed by atoms with Crippen molar-refractivity contribution in [3.05, 3.63) is 71.2 Å². The monoisotopic (exact) mass is 655 g/mol. The third-order valence-electron chi connectivity index (χ3n) is 9.09. The molecule has 3 aliphatic rings. The Morgan fingerprint density at radius 1 is 1.09 bits per heavy atom. The minimum absolute atomic E-state index is 0.0141. The van der Waals surface area contributed by atoms with E-state index >= 15 is 0 Å². The molecular weight excluding hydrogens is 621 g/mol. The lowest BCUT2D eigenvalue weighted by Crippen LogP contribution is -2.56. The van der Waals surface area contributed by atoms with Crippen molar-refractivity contribution in [2.75, 3.05) is 13.7 Å². The highest BCUT2D eigenvalue weighted by atomic mass is 32.2. The first kappa shape index (κ1) is 32.3. The third-order valence-corrected chi connectivity index (χ3v) is 10.7. The van der Waals surface area contributed by atoms with Gasteiger partial charge in [0.25, 0.3) is 0 Å². The first-order valence-electron chi connectivity index (χ1n) is 14.8. The Labute approximate surface area is 260 Å². The lowest BCUT2D eigenvalue weighted by molar-refractivity contribution is -0.186. The van der Waals surface area contributed by atoms with Crippen LogP contribution < -0.4 is 0 Å². The highest BCUT2D eigenvalue weighted by Crippen LogP contribution is 2.55. The summed E-state index contributed by atoms with van der Waals surface area (Å²) in [6.45, 7) is -0.596. The number of thioether (sulfide) groups is 1. The second-order valence-corrected chi connectivity index (χ2v) is 13.3. The Morgan fingerprint density at radius 2 is 1.76 bits per heavy atom. The molecule has 6 rings (SSSR count). The van der Waals surface area contributed by atoms with Crippen LogP contribution in [0, 0.1) is 17.5 Å². The number of ether oxygens (including phenoxy) is 2. The molecule has 2 heterocycles. The van der Waals surface area contributed by atoms with Gasteiger partial charge in [0.15, 0.2) is 17.5 Å². The number of rotatable bonds is 9. The molecule has 244 valence electrons. The molecule has 2 saturated carbocycles. The van der Waals surface area contributed by atoms with Crippen LogP contribution in [0.15, 0.2) is 42.6 Å². The number of nitrogens with zero attached hydrogens (tertiary/aromatic N) is 3. The second-order valence-electron chi connectivity index (χ2n) is 12.1. The first-order chi connectivity index (χ1) is 21.4. The largest absolute Gasteiger partial charge is 0.394 e. The summed E-state index contributed by atoms with van der Waals surface area (Å²) in [7, 11) is 1.38. The molecule has 0 bridgehead atoms. The van der Waals surface area contributed by atoms with E-state index in [0.29, 0.717) is 0 Å². The van der Waals surface area contributed by atoms with Gasteiger partial charge in [-0.3, -0.25) is 0 Å². The van der Waals surface area contributed by atoms with Gasteiger partial charge in [-0.05, 0) is 54.9 Å². The predicted molar refractivity (Wildman–Crippen MR) is 154 cm³/mol. The summed E-state index contributed by atoms with van der Waals surface area (Å²) >= 11 is 1.18. The third kappa shape index (κ3) is 6.37. The van der Waals surface area contributed by atoms with Crippen molar-refractivity contribution >= 4 is 11.8 Å². The van der Waals surface area contributed by atoms with E-state index in [1.165, 1.54) is 29.8 Å². The summed E-state index contributed by atoms with van der Waals surface area (Å²) in [5.41, 5.74) is -0.734. The van der Waals surface area contributed by atoms with E-state index in [-0.39, 0.29) is 30.0 Å². The van der Waals surface area contributed by atoms with Crippen LogP contribution in [-0.2, 0) is 9.47 Å². The molecule has 3 N–H and O–H groups in total. The standard InChI is InChI=1S/C31H34F5N3O5S/c1-43-27-25(39-14-22(37-38-39)17-12-20(32)24(34)21(33)13-17)26(41)23(15-40)44-29(27)45-28(30(42)8-10-31(35,36)11-9-30)19-5-3-2-4-18(19)16-6-7-16/h2-5,12-14,16,23,25-29,40-42H,6-11,15H2,1H3/t23-,25+,26+,27-,28-,29+/m1/s1. The highest BCUT2D eigenvalue weighted by Gasteiger charge is 2.53. The van der Waals surface area contributed by atoms with Crippen molar-refractivity contribution in [2.45, 2.75) is 91.0 Å². The zero-order valence-electron chi connectivity index (χ0n) is 24.3. The fourth-order valence-corrected chi connectivity index (χ4v) is 8.18. The summed E-state index contributed by atoms with van der Waals surface area (Å²) in [5, 5.41) is 40.8. The topological polar surface area (TPSA) is 110 Å². The van der Waals surface area contributed by atoms with Crippen LogP contribution in [0.25, 0.3) is 11.3 Å². The van der Waals surface area contributed by atoms with Gasteiger partial charge in [-0.1, -0.05) is 29.5 Å². The molecule has 0 radical (unpaired) electrons. The lowest BCUT2D eigenvalue weighted by Gasteiger charge is -2.47. The van der Waals surface area contributed by atoms with Gasteiger partial charge in [-0.2, -0.15) is 0 Å². The molecule has 1 aliphatic heterocycles. The molecule has 0 amide bonds. The van der Waals surface area contributed by atoms with Crippen LogP contribution in [0.4, 0.5) is 22.0 Å². The van der Waals surface area contributed by atoms with Crippen molar-refractivity contribution in [2.24, 2.45) is 0 Å². The molecule has 1 saturated heterocycles. The SMILES string of the molecule is CO[C@@H]1[C@@H](n2cc(-c3cc(F)c(F)c(F)c3)nn2)[C@@H](O)[C@@H](CO)O[C@H]1S[C@H](c1ccccc1C1CC1)C1(O)CCC(F)(F)CC1. The van der Waals surface area contributed by atoms with Gasteiger partial charge in [-0.25, -0.2) is 26.6 Å². The minimum Gasteiger partial charge on any atom is -0.394 e. The number of methoxy groups -OCH3 is 1. The van der Waals surface area contributed by atoms with E-state index in [9.17, 15) is 37.3 Å². The molecule has 1 aromatic heterocycles. The molecule has 8 nitrogen and oxygen atoms in total. The van der Waals surface area contributed by atoms with Crippen LogP contribution in [-0.4, -0.2) is 79.3 Å². The Morgan fingerprint density at radius 3 is 2.38 bits per heavy atom. The number of aliphatic hydroxyl groups excluding tert-OH is 2. The van der Waals surface area contributed by atoms with Gasteiger partial charge >= 0.3 is 0 Å². The van der Waals surface area contributed by atoms with E-state index in [1.54, 1.807) is 0 Å². The summed E-state index contributed by atoms with van der Waals surface area (Å²) in [6.07, 6.45) is -1.49. The van der Waals surface area contributed by atoms with Crippen molar-refractivity contribution in [1.82, 2.24) is 15.0 Å². The smallest absolute Gasteiger partial charge is 0.248 e. The van der Waals surface area contributed by atoms with E-state index in [2.05, 4.69) is 10.3 Å². The predicted octanol–water partition coefficient (Wildman–Crippen LogP) is 5.29. The van der Waals surface area contributed by atoms with Crippen LogP contribution in [0.5, 0.6) is 0 Å². The minimum atomic E-state index is -2.88. The highest BCUT2D eigenvalue weighted by molar-refractivity contribution is 8.00. The van der Waals surface area contributed by atoms with Crippen LogP contribution in [0.2, 0.25) is 0 Å². The van der Waals surface area contributed by atoms with Crippen molar-refractivity contribution < 1.29 is 46.7 Å². The Kier molecular flexibility index (Phi) is 9.00. The number of aliphatic hydroxyl groups is 3. The maximum absolute atomic E-state index is 14.3. The van der Waals surface area contributed by atoms with E-state index in [1.807, 2.05) is 24.3 Å². The zero-order chi connectivity index (χ0) is 32.1. The number of hydrogen-bond acceptors (Lipinski definition) is 8. The quantitative estimate of drug-likeness (QED) is 0.211. The van der Waals surface area contributed by atoms with Gasteiger partial charge in [-0.15, -0.1) is 16.9 Å². The average Bonchev–Trinajstić information content (AvgIpc) is 3.76. The fraction of sp³-hybridized carbons (Fsp3) is 0.548. The van der Waals surface area contributed by atoms with Crippen LogP contribution in [0.3, 0.4) is 0 Å². The molecule has 2 aromatic carbocycles. The van der Waals surface area contributed by atoms with Crippen molar-refractivity contribution in [1.29, 1.82) is 0 Å². The molecule has 45 heavy (non-hydrogen) atoms. The van der Waals surface area contributed by atoms with Gasteiger partial charge in [0.2, 0.25) is 5.92 Å². The molecule has 3 fully saturated rings. The zero-order valence-corrected chi connectivity index (χ0v) is 25.1. The Hall–Kier alpha value is -2.62. The fourth-order valence-electron chi connectivity index (χ4n) is 6.43. The molecule has 6 atom stereocenters. The van der Waals surface area contributed by atoms with Gasteiger partial charge in [0, 0.05) is 25.5 Å². The Balaban J connectivity index is 1.36. The normalized spacial score (nSPS) is 28.6. The van der Waals surface area contributed by atoms with Crippen molar-refractivity contribution in [3.8, 4) is 11.3 Å². The number of benzene rings is 2. The molecule has 0 unspecified atom stereocenters. The number of hydrogen-bond donors (Lipinski definition) is 3. The van der Waals surface area contributed by atoms with E-state index in [4.69, 9.17) is 9.47 Å². The van der Waals surface area contributed by atoms with Crippen molar-refractivity contribution in [3.63, 3.8) is 0 Å². The summed E-state index contributed by atoms with van der Waals surface area (Å²) in [6, 6.07) is 8.12. The summed E-state index contributed by atoms with van der Waals surface area (Å²) in [4.78, 5) is 0. The number of halogens is 5. The number of aromatic nitrogens is 3. The van der Waals surface area contributed by atoms with Crippen LogP contribution >= 0.6 is 11.8 Å². The lowest BCUT2D eigenvalue weighted by atomic mass is 9.77. The van der Waals surface area contributed by atoms with E-state index in [0.717, 1.165) is 36.1 Å². The number of alkyl halides is 2. The first-order valence-corrected chi connectivity index (χ1v) is 15.8. The van der Waals surface area contributed by atoms with Gasteiger partial charge in [0.05, 0.1) is 23.7 Å². The molecule has 14 heteroatoms.